The lowest BCUT2D eigenvalue weighted by Gasteiger charge is -2.27. The number of amides is 1. The first-order valence-electron chi connectivity index (χ1n) is 11.6. The van der Waals surface area contributed by atoms with Crippen molar-refractivity contribution in [2.24, 2.45) is 0 Å². The second kappa shape index (κ2) is 10.6. The first-order valence-corrected chi connectivity index (χ1v) is 11.6. The van der Waals surface area contributed by atoms with Crippen LogP contribution in [0.25, 0.3) is 0 Å². The number of carbonyl (C=O) groups excluding carboxylic acids is 1. The summed E-state index contributed by atoms with van der Waals surface area (Å²) in [5, 5.41) is 17.6. The fourth-order valence-corrected chi connectivity index (χ4v) is 4.48. The first-order chi connectivity index (χ1) is 16.7. The standard InChI is InChI=1S/C25H28F3N5O2/c1-32(18-7-3-2-4-8-18)24(35)20(15-17-11-13-29-14-12-17)30-22(34)16-33-21-10-6-5-9-19(21)23(31-33)25(26,27)28/h2-4,7-8,11-14,20,22,30,34H,5-6,9-10,15-16H2,1H3. The third-order valence-corrected chi connectivity index (χ3v) is 6.23. The van der Waals surface area contributed by atoms with E-state index < -0.39 is 24.1 Å². The summed E-state index contributed by atoms with van der Waals surface area (Å²) < 4.78 is 41.8. The van der Waals surface area contributed by atoms with Crippen LogP contribution in [0.4, 0.5) is 18.9 Å². The molecule has 2 aromatic heterocycles. The largest absolute Gasteiger partial charge is 0.435 e. The Morgan fingerprint density at radius 2 is 1.83 bits per heavy atom. The van der Waals surface area contributed by atoms with Gasteiger partial charge in [0.05, 0.1) is 12.6 Å². The molecule has 7 nitrogen and oxygen atoms in total. The van der Waals surface area contributed by atoms with Gasteiger partial charge in [0.25, 0.3) is 0 Å². The smallest absolute Gasteiger partial charge is 0.377 e. The molecular formula is C25H28F3N5O2. The van der Waals surface area contributed by atoms with E-state index in [1.807, 2.05) is 18.2 Å². The second-order valence-corrected chi connectivity index (χ2v) is 8.69. The molecule has 0 spiro atoms. The number of halogens is 3. The quantitative estimate of drug-likeness (QED) is 0.476. The molecule has 186 valence electrons. The van der Waals surface area contributed by atoms with Crippen LogP contribution in [-0.2, 0) is 36.8 Å². The Labute approximate surface area is 201 Å². The molecular weight excluding hydrogens is 459 g/mol. The molecule has 2 unspecified atom stereocenters. The van der Waals surface area contributed by atoms with Crippen molar-refractivity contribution in [3.63, 3.8) is 0 Å². The van der Waals surface area contributed by atoms with Crippen molar-refractivity contribution in [1.82, 2.24) is 20.1 Å². The maximum atomic E-state index is 13.5. The number of anilines is 1. The normalized spacial score (nSPS) is 15.3. The van der Waals surface area contributed by atoms with Crippen LogP contribution >= 0.6 is 0 Å². The van der Waals surface area contributed by atoms with Gasteiger partial charge in [-0.25, -0.2) is 0 Å². The number of hydrogen-bond donors (Lipinski definition) is 2. The molecule has 2 N–H and O–H groups in total. The Morgan fingerprint density at radius 1 is 1.14 bits per heavy atom. The van der Waals surface area contributed by atoms with Gasteiger partial charge in [0.2, 0.25) is 5.91 Å². The Hall–Kier alpha value is -3.24. The van der Waals surface area contributed by atoms with Crippen LogP contribution in [0.15, 0.2) is 54.9 Å². The molecule has 2 atom stereocenters. The van der Waals surface area contributed by atoms with Crippen LogP contribution in [0.5, 0.6) is 0 Å². The molecule has 1 amide bonds. The summed E-state index contributed by atoms with van der Waals surface area (Å²) in [6.07, 6.45) is -0.112. The van der Waals surface area contributed by atoms with Gasteiger partial charge in [0.1, 0.15) is 6.23 Å². The maximum Gasteiger partial charge on any atom is 0.435 e. The fraction of sp³-hybridized carbons (Fsp3) is 0.400. The zero-order chi connectivity index (χ0) is 25.0. The van der Waals surface area contributed by atoms with Gasteiger partial charge in [-0.2, -0.15) is 18.3 Å². The number of para-hydroxylation sites is 1. The lowest BCUT2D eigenvalue weighted by molar-refractivity contribution is -0.142. The van der Waals surface area contributed by atoms with E-state index in [0.29, 0.717) is 30.6 Å². The monoisotopic (exact) mass is 487 g/mol. The van der Waals surface area contributed by atoms with Crippen molar-refractivity contribution < 1.29 is 23.1 Å². The van der Waals surface area contributed by atoms with E-state index >= 15 is 0 Å². The van der Waals surface area contributed by atoms with Crippen molar-refractivity contribution in [3.8, 4) is 0 Å². The van der Waals surface area contributed by atoms with E-state index in [9.17, 15) is 23.1 Å². The van der Waals surface area contributed by atoms with Crippen LogP contribution in [0.1, 0.15) is 35.4 Å². The average Bonchev–Trinajstić information content (AvgIpc) is 3.23. The van der Waals surface area contributed by atoms with E-state index in [1.165, 1.54) is 9.58 Å². The highest BCUT2D eigenvalue weighted by Crippen LogP contribution is 2.35. The van der Waals surface area contributed by atoms with E-state index in [4.69, 9.17) is 0 Å². The van der Waals surface area contributed by atoms with E-state index in [2.05, 4.69) is 15.4 Å². The van der Waals surface area contributed by atoms with Crippen molar-refractivity contribution >= 4 is 11.6 Å². The topological polar surface area (TPSA) is 83.3 Å². The Balaban J connectivity index is 1.55. The number of nitrogens with zero attached hydrogens (tertiary/aromatic N) is 4. The predicted molar refractivity (Wildman–Crippen MR) is 125 cm³/mol. The Morgan fingerprint density at radius 3 is 2.51 bits per heavy atom. The molecule has 2 heterocycles. The van der Waals surface area contributed by atoms with Gasteiger partial charge in [-0.1, -0.05) is 18.2 Å². The molecule has 1 aromatic carbocycles. The molecule has 1 aliphatic carbocycles. The number of likely N-dealkylation sites (N-methyl/N-ethyl adjacent to an activating group) is 1. The summed E-state index contributed by atoms with van der Waals surface area (Å²) in [5.74, 6) is -0.287. The molecule has 0 saturated heterocycles. The molecule has 0 saturated carbocycles. The van der Waals surface area contributed by atoms with Crippen molar-refractivity contribution in [2.75, 3.05) is 11.9 Å². The zero-order valence-corrected chi connectivity index (χ0v) is 19.4. The second-order valence-electron chi connectivity index (χ2n) is 8.69. The summed E-state index contributed by atoms with van der Waals surface area (Å²) in [6.45, 7) is -0.201. The molecule has 4 rings (SSSR count). The molecule has 0 aliphatic heterocycles. The van der Waals surface area contributed by atoms with Crippen molar-refractivity contribution in [1.29, 1.82) is 0 Å². The highest BCUT2D eigenvalue weighted by Gasteiger charge is 2.39. The van der Waals surface area contributed by atoms with Gasteiger partial charge in [-0.15, -0.1) is 0 Å². The highest BCUT2D eigenvalue weighted by atomic mass is 19.4. The Bertz CT molecular complexity index is 1140. The first kappa shape index (κ1) is 24.9. The third kappa shape index (κ3) is 5.88. The number of aliphatic hydroxyl groups excluding tert-OH is 1. The number of benzene rings is 1. The van der Waals surface area contributed by atoms with E-state index in [1.54, 1.807) is 43.7 Å². The van der Waals surface area contributed by atoms with Crippen LogP contribution in [0.3, 0.4) is 0 Å². The number of nitrogens with one attached hydrogen (secondary N) is 1. The zero-order valence-electron chi connectivity index (χ0n) is 19.4. The molecule has 10 heteroatoms. The average molecular weight is 488 g/mol. The summed E-state index contributed by atoms with van der Waals surface area (Å²) >= 11 is 0. The summed E-state index contributed by atoms with van der Waals surface area (Å²) in [7, 11) is 1.64. The van der Waals surface area contributed by atoms with Crippen molar-refractivity contribution in [3.05, 3.63) is 77.4 Å². The van der Waals surface area contributed by atoms with Gasteiger partial charge in [-0.05, 0) is 61.9 Å². The maximum absolute atomic E-state index is 13.5. The minimum absolute atomic E-state index is 0.201. The summed E-state index contributed by atoms with van der Waals surface area (Å²) in [5.41, 5.74) is 1.35. The summed E-state index contributed by atoms with van der Waals surface area (Å²) in [6, 6.07) is 11.8. The number of aliphatic hydroxyl groups is 1. The molecule has 3 aromatic rings. The number of fused-ring (bicyclic) bond motifs is 1. The van der Waals surface area contributed by atoms with Crippen LogP contribution in [0.2, 0.25) is 0 Å². The minimum atomic E-state index is -4.55. The van der Waals surface area contributed by atoms with E-state index in [-0.39, 0.29) is 24.4 Å². The van der Waals surface area contributed by atoms with Crippen LogP contribution in [0, 0.1) is 0 Å². The predicted octanol–water partition coefficient (Wildman–Crippen LogP) is 3.36. The number of alkyl halides is 3. The number of pyridine rings is 1. The lowest BCUT2D eigenvalue weighted by Crippen LogP contribution is -2.51. The highest BCUT2D eigenvalue weighted by molar-refractivity contribution is 5.96. The number of aromatic nitrogens is 3. The molecule has 0 fully saturated rings. The SMILES string of the molecule is CN(C(=O)C(Cc1ccncc1)NC(O)Cn1nc(C(F)(F)F)c2c1CCCC2)c1ccccc1. The van der Waals surface area contributed by atoms with Crippen LogP contribution in [-0.4, -0.2) is 45.1 Å². The number of hydrogen-bond acceptors (Lipinski definition) is 5. The fourth-order valence-electron chi connectivity index (χ4n) is 4.48. The van der Waals surface area contributed by atoms with Gasteiger partial charge in [0, 0.05) is 36.4 Å². The lowest BCUT2D eigenvalue weighted by atomic mass is 9.95. The van der Waals surface area contributed by atoms with Crippen molar-refractivity contribution in [2.45, 2.75) is 57.1 Å². The van der Waals surface area contributed by atoms with Gasteiger partial charge in [0.15, 0.2) is 5.69 Å². The molecule has 0 radical (unpaired) electrons. The summed E-state index contributed by atoms with van der Waals surface area (Å²) in [4.78, 5) is 18.9. The van der Waals surface area contributed by atoms with Crippen LogP contribution < -0.4 is 10.2 Å². The van der Waals surface area contributed by atoms with Gasteiger partial charge < -0.3 is 10.0 Å². The third-order valence-electron chi connectivity index (χ3n) is 6.23. The molecule has 1 aliphatic rings. The number of rotatable bonds is 8. The molecule has 0 bridgehead atoms. The Kier molecular flexibility index (Phi) is 7.51. The van der Waals surface area contributed by atoms with Gasteiger partial charge in [-0.3, -0.25) is 19.8 Å². The van der Waals surface area contributed by atoms with Gasteiger partial charge >= 0.3 is 6.18 Å². The van der Waals surface area contributed by atoms with E-state index in [0.717, 1.165) is 12.0 Å². The minimum Gasteiger partial charge on any atom is -0.377 e. The number of carbonyl (C=O) groups is 1. The molecule has 35 heavy (non-hydrogen) atoms.